The molecule has 1 N–H and O–H groups in total. The lowest BCUT2D eigenvalue weighted by atomic mass is 10.0. The van der Waals surface area contributed by atoms with E-state index in [9.17, 15) is 9.59 Å². The molecule has 2 aromatic carbocycles. The van der Waals surface area contributed by atoms with E-state index >= 15 is 0 Å². The first-order valence-corrected chi connectivity index (χ1v) is 12.1. The molecule has 33 heavy (non-hydrogen) atoms. The topological polar surface area (TPSA) is 86.1 Å². The summed E-state index contributed by atoms with van der Waals surface area (Å²) < 4.78 is 6.95. The largest absolute Gasteiger partial charge is 0.466 e. The summed E-state index contributed by atoms with van der Waals surface area (Å²) in [5, 5.41) is 12.2. The van der Waals surface area contributed by atoms with Crippen LogP contribution >= 0.6 is 11.8 Å². The quantitative estimate of drug-likeness (QED) is 0.338. The molecule has 8 heteroatoms. The van der Waals surface area contributed by atoms with Crippen LogP contribution in [0.1, 0.15) is 48.8 Å². The number of aryl methyl sites for hydroxylation is 1. The summed E-state index contributed by atoms with van der Waals surface area (Å²) in [6, 6.07) is 18.0. The molecule has 1 amide bonds. The normalized spacial score (nSPS) is 11.7. The van der Waals surface area contributed by atoms with Crippen LogP contribution in [0.4, 0.5) is 0 Å². The number of benzene rings is 2. The predicted octanol–water partition coefficient (Wildman–Crippen LogP) is 4.10. The van der Waals surface area contributed by atoms with Gasteiger partial charge in [0.1, 0.15) is 12.2 Å². The Morgan fingerprint density at radius 1 is 1.06 bits per heavy atom. The summed E-state index contributed by atoms with van der Waals surface area (Å²) in [5.74, 6) is 0.298. The summed E-state index contributed by atoms with van der Waals surface area (Å²) in [5.41, 5.74) is 3.33. The van der Waals surface area contributed by atoms with Crippen LogP contribution in [0.25, 0.3) is 0 Å². The first-order chi connectivity index (χ1) is 16.0. The number of nitrogens with zero attached hydrogens (tertiary/aromatic N) is 3. The molecule has 3 aromatic rings. The number of thioether (sulfide) groups is 1. The van der Waals surface area contributed by atoms with Crippen molar-refractivity contribution in [3.05, 3.63) is 77.1 Å². The average molecular weight is 467 g/mol. The molecule has 0 aliphatic carbocycles. The van der Waals surface area contributed by atoms with Gasteiger partial charge in [-0.15, -0.1) is 10.2 Å². The summed E-state index contributed by atoms with van der Waals surface area (Å²) in [7, 11) is 0. The molecule has 0 spiro atoms. The zero-order chi connectivity index (χ0) is 23.6. The molecule has 0 saturated heterocycles. The van der Waals surface area contributed by atoms with E-state index in [2.05, 4.69) is 46.7 Å². The van der Waals surface area contributed by atoms with Crippen molar-refractivity contribution < 1.29 is 14.3 Å². The van der Waals surface area contributed by atoms with Crippen molar-refractivity contribution in [3.63, 3.8) is 0 Å². The van der Waals surface area contributed by atoms with Crippen LogP contribution < -0.4 is 5.32 Å². The smallest absolute Gasteiger partial charge is 0.313 e. The molecule has 0 fully saturated rings. The zero-order valence-electron chi connectivity index (χ0n) is 19.3. The lowest BCUT2D eigenvalue weighted by Gasteiger charge is -2.17. The number of aromatic nitrogens is 3. The molecule has 0 aliphatic rings. The van der Waals surface area contributed by atoms with Gasteiger partial charge in [-0.2, -0.15) is 0 Å². The average Bonchev–Trinajstić information content (AvgIpc) is 3.18. The van der Waals surface area contributed by atoms with E-state index in [-0.39, 0.29) is 30.1 Å². The number of ether oxygens (including phenoxy) is 1. The first-order valence-electron chi connectivity index (χ1n) is 11.1. The summed E-state index contributed by atoms with van der Waals surface area (Å²) in [6.45, 7) is 6.69. The Bertz CT molecular complexity index is 1050. The Labute approximate surface area is 198 Å². The second-order valence-electron chi connectivity index (χ2n) is 7.68. The van der Waals surface area contributed by atoms with E-state index in [1.807, 2.05) is 41.8 Å². The number of rotatable bonds is 11. The molecule has 1 aromatic heterocycles. The maximum absolute atomic E-state index is 12.7. The van der Waals surface area contributed by atoms with Crippen LogP contribution in [0.3, 0.4) is 0 Å². The van der Waals surface area contributed by atoms with Gasteiger partial charge in [0.25, 0.3) is 0 Å². The second kappa shape index (κ2) is 12.2. The lowest BCUT2D eigenvalue weighted by Crippen LogP contribution is -2.29. The van der Waals surface area contributed by atoms with Gasteiger partial charge in [0.15, 0.2) is 5.16 Å². The standard InChI is InChI=1S/C25H30N4O3S/c1-4-21(20-13-11-18(3)12-14-20)26-23(30)17-33-25-28-27-22(15-24(31)32-5-2)29(25)16-19-9-7-6-8-10-19/h6-14,21H,4-5,15-17H2,1-3H3,(H,26,30)/t21-/m0/s1. The fourth-order valence-electron chi connectivity index (χ4n) is 3.41. The molecule has 0 saturated carbocycles. The number of hydrogen-bond donors (Lipinski definition) is 1. The van der Waals surface area contributed by atoms with Crippen molar-refractivity contribution in [2.45, 2.75) is 51.4 Å². The Balaban J connectivity index is 1.69. The van der Waals surface area contributed by atoms with Crippen LogP contribution in [0.2, 0.25) is 0 Å². The van der Waals surface area contributed by atoms with Gasteiger partial charge >= 0.3 is 5.97 Å². The fraction of sp³-hybridized carbons (Fsp3) is 0.360. The van der Waals surface area contributed by atoms with E-state index in [4.69, 9.17) is 4.74 Å². The first kappa shape index (κ1) is 24.5. The van der Waals surface area contributed by atoms with E-state index in [0.29, 0.717) is 24.1 Å². The number of carbonyl (C=O) groups is 2. The number of carbonyl (C=O) groups excluding carboxylic acids is 2. The minimum Gasteiger partial charge on any atom is -0.466 e. The van der Waals surface area contributed by atoms with E-state index in [0.717, 1.165) is 17.5 Å². The Kier molecular flexibility index (Phi) is 9.06. The molecule has 0 bridgehead atoms. The highest BCUT2D eigenvalue weighted by Crippen LogP contribution is 2.21. The molecule has 1 heterocycles. The molecular formula is C25H30N4O3S. The van der Waals surface area contributed by atoms with E-state index < -0.39 is 0 Å². The Morgan fingerprint density at radius 3 is 2.45 bits per heavy atom. The van der Waals surface area contributed by atoms with E-state index in [1.165, 1.54) is 17.3 Å². The minimum absolute atomic E-state index is 0.0335. The predicted molar refractivity (Wildman–Crippen MR) is 129 cm³/mol. The highest BCUT2D eigenvalue weighted by Gasteiger charge is 2.19. The lowest BCUT2D eigenvalue weighted by molar-refractivity contribution is -0.142. The van der Waals surface area contributed by atoms with Crippen molar-refractivity contribution >= 4 is 23.6 Å². The van der Waals surface area contributed by atoms with Gasteiger partial charge in [-0.1, -0.05) is 78.8 Å². The van der Waals surface area contributed by atoms with Gasteiger partial charge < -0.3 is 14.6 Å². The third kappa shape index (κ3) is 7.18. The molecule has 0 radical (unpaired) electrons. The molecule has 0 unspecified atom stereocenters. The third-order valence-electron chi connectivity index (χ3n) is 5.14. The van der Waals surface area contributed by atoms with Crippen LogP contribution in [-0.2, 0) is 27.3 Å². The van der Waals surface area contributed by atoms with Gasteiger partial charge in [-0.25, -0.2) is 0 Å². The maximum atomic E-state index is 12.7. The maximum Gasteiger partial charge on any atom is 0.313 e. The number of hydrogen-bond acceptors (Lipinski definition) is 6. The Morgan fingerprint density at radius 2 is 1.79 bits per heavy atom. The van der Waals surface area contributed by atoms with Crippen molar-refractivity contribution in [1.82, 2.24) is 20.1 Å². The van der Waals surface area contributed by atoms with Gasteiger partial charge in [-0.05, 0) is 31.4 Å². The minimum atomic E-state index is -0.350. The number of nitrogens with one attached hydrogen (secondary N) is 1. The van der Waals surface area contributed by atoms with Gasteiger partial charge in [-0.3, -0.25) is 9.59 Å². The summed E-state index contributed by atoms with van der Waals surface area (Å²) >= 11 is 1.31. The fourth-order valence-corrected chi connectivity index (χ4v) is 4.18. The highest BCUT2D eigenvalue weighted by molar-refractivity contribution is 7.99. The van der Waals surface area contributed by atoms with E-state index in [1.54, 1.807) is 6.92 Å². The molecule has 0 aliphatic heterocycles. The van der Waals surface area contributed by atoms with Crippen molar-refractivity contribution in [2.24, 2.45) is 0 Å². The van der Waals surface area contributed by atoms with Crippen molar-refractivity contribution in [1.29, 1.82) is 0 Å². The molecule has 3 rings (SSSR count). The van der Waals surface area contributed by atoms with Crippen LogP contribution in [0.5, 0.6) is 0 Å². The Hall–Kier alpha value is -3.13. The monoisotopic (exact) mass is 466 g/mol. The molecule has 7 nitrogen and oxygen atoms in total. The summed E-state index contributed by atoms with van der Waals surface area (Å²) in [6.07, 6.45) is 0.832. The second-order valence-corrected chi connectivity index (χ2v) is 8.62. The third-order valence-corrected chi connectivity index (χ3v) is 6.11. The highest BCUT2D eigenvalue weighted by atomic mass is 32.2. The number of esters is 1. The van der Waals surface area contributed by atoms with Crippen LogP contribution in [0.15, 0.2) is 59.8 Å². The van der Waals surface area contributed by atoms with Crippen molar-refractivity contribution in [3.8, 4) is 0 Å². The van der Waals surface area contributed by atoms with Gasteiger partial charge in [0, 0.05) is 0 Å². The van der Waals surface area contributed by atoms with Gasteiger partial charge in [0.05, 0.1) is 24.9 Å². The zero-order valence-corrected chi connectivity index (χ0v) is 20.1. The van der Waals surface area contributed by atoms with Gasteiger partial charge in [0.2, 0.25) is 5.91 Å². The summed E-state index contributed by atoms with van der Waals surface area (Å²) in [4.78, 5) is 24.7. The molecule has 1 atom stereocenters. The SMILES string of the molecule is CCOC(=O)Cc1nnc(SCC(=O)N[C@@H](CC)c2ccc(C)cc2)n1Cc1ccccc1. The van der Waals surface area contributed by atoms with Crippen molar-refractivity contribution in [2.75, 3.05) is 12.4 Å². The molecular weight excluding hydrogens is 436 g/mol. The van der Waals surface area contributed by atoms with Crippen LogP contribution in [-0.4, -0.2) is 39.0 Å². The molecule has 174 valence electrons. The van der Waals surface area contributed by atoms with Crippen LogP contribution in [0, 0.1) is 6.92 Å². The number of amides is 1.